The van der Waals surface area contributed by atoms with Gasteiger partial charge in [-0.05, 0) is 54.3 Å². The van der Waals surface area contributed by atoms with Gasteiger partial charge in [-0.15, -0.1) is 0 Å². The van der Waals surface area contributed by atoms with E-state index in [9.17, 15) is 9.59 Å². The minimum atomic E-state index is -0.472. The third-order valence-electron chi connectivity index (χ3n) is 5.33. The summed E-state index contributed by atoms with van der Waals surface area (Å²) < 4.78 is 11.2. The Hall–Kier alpha value is -3.57. The number of amides is 1. The van der Waals surface area contributed by atoms with Crippen LogP contribution in [0.25, 0.3) is 22.1 Å². The lowest BCUT2D eigenvalue weighted by atomic mass is 10.0. The van der Waals surface area contributed by atoms with Crippen LogP contribution in [0.5, 0.6) is 5.75 Å². The molecule has 3 aromatic carbocycles. The summed E-state index contributed by atoms with van der Waals surface area (Å²) in [5, 5.41) is 3.92. The highest BCUT2D eigenvalue weighted by molar-refractivity contribution is 6.33. The van der Waals surface area contributed by atoms with E-state index in [2.05, 4.69) is 19.2 Å². The molecular weight excluding hydrogens is 438 g/mol. The third kappa shape index (κ3) is 5.10. The van der Waals surface area contributed by atoms with Gasteiger partial charge in [0.1, 0.15) is 11.3 Å². The number of para-hydroxylation sites is 1. The van der Waals surface area contributed by atoms with E-state index in [4.69, 9.17) is 20.8 Å². The lowest BCUT2D eigenvalue weighted by Gasteiger charge is -2.15. The van der Waals surface area contributed by atoms with Crippen LogP contribution in [0.3, 0.4) is 0 Å². The van der Waals surface area contributed by atoms with Crippen LogP contribution < -0.4 is 15.7 Å². The normalized spacial score (nSPS) is 11.1. The van der Waals surface area contributed by atoms with E-state index >= 15 is 0 Å². The molecule has 4 rings (SSSR count). The SMILES string of the molecule is Cc1ccc(C(C)C)c(OCC(=O)Nc2ccc(-c3cc4ccccc4oc3=O)c(Cl)c2)c1. The Bertz CT molecular complexity index is 1390. The van der Waals surface area contributed by atoms with Crippen molar-refractivity contribution in [2.24, 2.45) is 0 Å². The molecule has 0 bridgehead atoms. The summed E-state index contributed by atoms with van der Waals surface area (Å²) >= 11 is 6.45. The molecule has 0 aliphatic rings. The molecule has 1 amide bonds. The molecule has 1 aromatic heterocycles. The Morgan fingerprint density at radius 3 is 2.58 bits per heavy atom. The molecule has 0 atom stereocenters. The van der Waals surface area contributed by atoms with Crippen LogP contribution in [0, 0.1) is 6.92 Å². The van der Waals surface area contributed by atoms with Crippen LogP contribution in [-0.2, 0) is 4.79 Å². The number of benzene rings is 3. The van der Waals surface area contributed by atoms with E-state index in [0.717, 1.165) is 16.5 Å². The van der Waals surface area contributed by atoms with Crippen LogP contribution in [0.1, 0.15) is 30.9 Å². The lowest BCUT2D eigenvalue weighted by Crippen LogP contribution is -2.20. The van der Waals surface area contributed by atoms with Crippen LogP contribution in [0.4, 0.5) is 5.69 Å². The van der Waals surface area contributed by atoms with Crippen molar-refractivity contribution in [3.63, 3.8) is 0 Å². The largest absolute Gasteiger partial charge is 0.483 e. The predicted molar refractivity (Wildman–Crippen MR) is 132 cm³/mol. The van der Waals surface area contributed by atoms with Crippen LogP contribution in [-0.4, -0.2) is 12.5 Å². The maximum atomic E-state index is 12.5. The molecule has 0 saturated carbocycles. The van der Waals surface area contributed by atoms with Gasteiger partial charge in [-0.3, -0.25) is 4.79 Å². The molecule has 0 spiro atoms. The number of carbonyl (C=O) groups is 1. The Kier molecular flexibility index (Phi) is 6.52. The number of carbonyl (C=O) groups excluding carboxylic acids is 1. The lowest BCUT2D eigenvalue weighted by molar-refractivity contribution is -0.118. The zero-order chi connectivity index (χ0) is 23.5. The van der Waals surface area contributed by atoms with Crippen molar-refractivity contribution in [1.29, 1.82) is 0 Å². The summed E-state index contributed by atoms with van der Waals surface area (Å²) in [7, 11) is 0. The van der Waals surface area contributed by atoms with E-state index in [1.807, 2.05) is 43.3 Å². The van der Waals surface area contributed by atoms with Gasteiger partial charge < -0.3 is 14.5 Å². The van der Waals surface area contributed by atoms with E-state index in [-0.39, 0.29) is 18.4 Å². The van der Waals surface area contributed by atoms with E-state index in [1.165, 1.54) is 0 Å². The Morgan fingerprint density at radius 2 is 1.82 bits per heavy atom. The molecule has 4 aromatic rings. The molecule has 168 valence electrons. The highest BCUT2D eigenvalue weighted by Crippen LogP contribution is 2.31. The van der Waals surface area contributed by atoms with E-state index < -0.39 is 5.63 Å². The quantitative estimate of drug-likeness (QED) is 0.330. The van der Waals surface area contributed by atoms with Gasteiger partial charge in [0.15, 0.2) is 6.61 Å². The number of aryl methyl sites for hydroxylation is 1. The average molecular weight is 462 g/mol. The first-order valence-corrected chi connectivity index (χ1v) is 11.1. The van der Waals surface area contributed by atoms with Crippen LogP contribution in [0.2, 0.25) is 5.02 Å². The highest BCUT2D eigenvalue weighted by atomic mass is 35.5. The third-order valence-corrected chi connectivity index (χ3v) is 5.65. The van der Waals surface area contributed by atoms with Gasteiger partial charge in [-0.25, -0.2) is 4.79 Å². The minimum absolute atomic E-state index is 0.128. The van der Waals surface area contributed by atoms with E-state index in [0.29, 0.717) is 33.2 Å². The van der Waals surface area contributed by atoms with Gasteiger partial charge in [0.2, 0.25) is 0 Å². The second-order valence-electron chi connectivity index (χ2n) is 8.21. The number of halogens is 1. The van der Waals surface area contributed by atoms with Gasteiger partial charge in [0.05, 0.1) is 10.6 Å². The molecule has 6 heteroatoms. The molecular formula is C27H24ClNO4. The molecule has 0 unspecified atom stereocenters. The first kappa shape index (κ1) is 22.6. The molecule has 1 heterocycles. The average Bonchev–Trinajstić information content (AvgIpc) is 2.77. The van der Waals surface area contributed by atoms with Crippen molar-refractivity contribution in [3.05, 3.63) is 93.3 Å². The smallest absolute Gasteiger partial charge is 0.344 e. The monoisotopic (exact) mass is 461 g/mol. The number of rotatable bonds is 6. The second-order valence-corrected chi connectivity index (χ2v) is 8.62. The Labute approximate surface area is 197 Å². The topological polar surface area (TPSA) is 68.5 Å². The maximum Gasteiger partial charge on any atom is 0.344 e. The minimum Gasteiger partial charge on any atom is -0.483 e. The van der Waals surface area contributed by atoms with Gasteiger partial charge in [-0.2, -0.15) is 0 Å². The van der Waals surface area contributed by atoms with Gasteiger partial charge in [0, 0.05) is 16.6 Å². The summed E-state index contributed by atoms with van der Waals surface area (Å²) in [5.41, 5.74) is 3.56. The van der Waals surface area contributed by atoms with Crippen molar-refractivity contribution < 1.29 is 13.9 Å². The Morgan fingerprint density at radius 1 is 1.03 bits per heavy atom. The van der Waals surface area contributed by atoms with Crippen LogP contribution in [0.15, 0.2) is 75.9 Å². The van der Waals surface area contributed by atoms with Crippen molar-refractivity contribution in [3.8, 4) is 16.9 Å². The predicted octanol–water partition coefficient (Wildman–Crippen LogP) is 6.56. The molecule has 0 saturated heterocycles. The fourth-order valence-electron chi connectivity index (χ4n) is 3.64. The van der Waals surface area contributed by atoms with Crippen LogP contribution >= 0.6 is 11.6 Å². The van der Waals surface area contributed by atoms with E-state index in [1.54, 1.807) is 30.3 Å². The van der Waals surface area contributed by atoms with Crippen molar-refractivity contribution in [1.82, 2.24) is 0 Å². The molecule has 0 aliphatic carbocycles. The molecule has 0 fully saturated rings. The number of anilines is 1. The molecule has 5 nitrogen and oxygen atoms in total. The number of hydrogen-bond donors (Lipinski definition) is 1. The Balaban J connectivity index is 1.49. The number of ether oxygens (including phenoxy) is 1. The molecule has 0 radical (unpaired) electrons. The van der Waals surface area contributed by atoms with Crippen molar-refractivity contribution >= 4 is 34.2 Å². The van der Waals surface area contributed by atoms with Gasteiger partial charge in [-0.1, -0.05) is 61.8 Å². The fourth-order valence-corrected chi connectivity index (χ4v) is 3.93. The van der Waals surface area contributed by atoms with Crippen molar-refractivity contribution in [2.75, 3.05) is 11.9 Å². The maximum absolute atomic E-state index is 12.5. The summed E-state index contributed by atoms with van der Waals surface area (Å²) in [4.78, 5) is 24.9. The molecule has 33 heavy (non-hydrogen) atoms. The fraction of sp³-hybridized carbons (Fsp3) is 0.185. The van der Waals surface area contributed by atoms with Gasteiger partial charge in [0.25, 0.3) is 5.91 Å². The highest BCUT2D eigenvalue weighted by Gasteiger charge is 2.14. The number of nitrogens with one attached hydrogen (secondary N) is 1. The molecule has 0 aliphatic heterocycles. The molecule has 1 N–H and O–H groups in total. The summed E-state index contributed by atoms with van der Waals surface area (Å²) in [6.07, 6.45) is 0. The summed E-state index contributed by atoms with van der Waals surface area (Å²) in [6, 6.07) is 20.0. The first-order valence-electron chi connectivity index (χ1n) is 10.7. The first-order chi connectivity index (χ1) is 15.8. The number of hydrogen-bond acceptors (Lipinski definition) is 4. The summed E-state index contributed by atoms with van der Waals surface area (Å²) in [6.45, 7) is 6.02. The summed E-state index contributed by atoms with van der Waals surface area (Å²) in [5.74, 6) is 0.680. The standard InChI is InChI=1S/C27H24ClNO4/c1-16(2)20-10-8-17(3)12-25(20)32-15-26(30)29-19-9-11-21(23(28)14-19)22-13-18-6-4-5-7-24(18)33-27(22)31/h4-14,16H,15H2,1-3H3,(H,29,30). The number of fused-ring (bicyclic) bond motifs is 1. The van der Waals surface area contributed by atoms with Crippen molar-refractivity contribution in [2.45, 2.75) is 26.7 Å². The van der Waals surface area contributed by atoms with Gasteiger partial charge >= 0.3 is 5.63 Å². The zero-order valence-electron chi connectivity index (χ0n) is 18.6. The second kappa shape index (κ2) is 9.51. The zero-order valence-corrected chi connectivity index (χ0v) is 19.4.